The number of pyridine rings is 1. The fourth-order valence-corrected chi connectivity index (χ4v) is 3.42. The molecule has 4 aromatic rings. The molecule has 0 amide bonds. The van der Waals surface area contributed by atoms with Gasteiger partial charge in [-0.2, -0.15) is 4.68 Å². The van der Waals surface area contributed by atoms with Gasteiger partial charge in [0.05, 0.1) is 0 Å². The van der Waals surface area contributed by atoms with Crippen molar-refractivity contribution in [1.82, 2.24) is 24.7 Å². The predicted molar refractivity (Wildman–Crippen MR) is 109 cm³/mol. The van der Waals surface area contributed by atoms with E-state index < -0.39 is 5.56 Å². The van der Waals surface area contributed by atoms with E-state index in [4.69, 9.17) is 11.6 Å². The Balaban J connectivity index is 1.89. The van der Waals surface area contributed by atoms with E-state index in [1.165, 1.54) is 4.68 Å². The minimum absolute atomic E-state index is 0.0670. The van der Waals surface area contributed by atoms with Gasteiger partial charge in [0.15, 0.2) is 5.43 Å². The predicted octanol–water partition coefficient (Wildman–Crippen LogP) is 2.97. The highest BCUT2D eigenvalue weighted by Gasteiger charge is 2.18. The highest BCUT2D eigenvalue weighted by Crippen LogP contribution is 2.15. The quantitative estimate of drug-likeness (QED) is 0.557. The minimum Gasteiger partial charge on any atom is -0.343 e. The molecule has 0 saturated carbocycles. The maximum Gasteiger partial charge on any atom is 0.287 e. The molecule has 0 saturated heterocycles. The molecular weight excluding hydrogens is 378 g/mol. The lowest BCUT2D eigenvalue weighted by molar-refractivity contribution is 0.777. The van der Waals surface area contributed by atoms with Crippen LogP contribution in [0.3, 0.4) is 0 Å². The van der Waals surface area contributed by atoms with Crippen LogP contribution in [0.25, 0.3) is 17.0 Å². The van der Waals surface area contributed by atoms with Crippen LogP contribution < -0.4 is 11.0 Å². The van der Waals surface area contributed by atoms with E-state index in [0.717, 1.165) is 17.0 Å². The van der Waals surface area contributed by atoms with Gasteiger partial charge in [-0.05, 0) is 44.5 Å². The zero-order valence-electron chi connectivity index (χ0n) is 15.6. The van der Waals surface area contributed by atoms with Gasteiger partial charge in [-0.25, -0.2) is 9.97 Å². The molecule has 0 radical (unpaired) electrons. The number of rotatable bonds is 3. The van der Waals surface area contributed by atoms with Gasteiger partial charge in [-0.3, -0.25) is 14.7 Å². The van der Waals surface area contributed by atoms with Gasteiger partial charge >= 0.3 is 0 Å². The van der Waals surface area contributed by atoms with Gasteiger partial charge in [0.1, 0.15) is 11.0 Å². The van der Waals surface area contributed by atoms with Crippen LogP contribution in [0.5, 0.6) is 0 Å². The van der Waals surface area contributed by atoms with Crippen molar-refractivity contribution in [3.8, 4) is 5.95 Å². The number of fused-ring (bicyclic) bond motifs is 1. The van der Waals surface area contributed by atoms with E-state index in [1.807, 2.05) is 39.0 Å². The van der Waals surface area contributed by atoms with Gasteiger partial charge in [-0.1, -0.05) is 23.7 Å². The van der Waals surface area contributed by atoms with Gasteiger partial charge in [0.2, 0.25) is 0 Å². The average Bonchev–Trinajstić information content (AvgIpc) is 2.96. The van der Waals surface area contributed by atoms with Crippen LogP contribution in [-0.4, -0.2) is 24.7 Å². The van der Waals surface area contributed by atoms with Crippen molar-refractivity contribution in [2.45, 2.75) is 27.2 Å². The summed E-state index contributed by atoms with van der Waals surface area (Å²) < 4.78 is 1.20. The Morgan fingerprint density at radius 1 is 1.04 bits per heavy atom. The molecule has 7 nitrogen and oxygen atoms in total. The molecule has 142 valence electrons. The molecular formula is C20H18ClN5O2. The summed E-state index contributed by atoms with van der Waals surface area (Å²) in [6.45, 7) is 5.46. The van der Waals surface area contributed by atoms with Crippen molar-refractivity contribution in [3.05, 3.63) is 84.1 Å². The molecule has 0 bridgehead atoms. The third-order valence-corrected chi connectivity index (χ3v) is 4.87. The van der Waals surface area contributed by atoms with Crippen LogP contribution >= 0.6 is 11.6 Å². The van der Waals surface area contributed by atoms with Gasteiger partial charge in [-0.15, -0.1) is 0 Å². The van der Waals surface area contributed by atoms with Crippen LogP contribution in [0.4, 0.5) is 0 Å². The Bertz CT molecular complexity index is 1300. The summed E-state index contributed by atoms with van der Waals surface area (Å²) >= 11 is 5.93. The molecule has 0 aliphatic rings. The molecule has 3 heterocycles. The Morgan fingerprint density at radius 3 is 2.32 bits per heavy atom. The number of hydrogen-bond donors (Lipinski definition) is 2. The zero-order chi connectivity index (χ0) is 20.0. The minimum atomic E-state index is -0.474. The molecule has 0 fully saturated rings. The lowest BCUT2D eigenvalue weighted by Crippen LogP contribution is -2.22. The Kier molecular flexibility index (Phi) is 4.39. The van der Waals surface area contributed by atoms with Crippen LogP contribution in [0.15, 0.2) is 39.9 Å². The molecule has 3 aromatic heterocycles. The van der Waals surface area contributed by atoms with Gasteiger partial charge < -0.3 is 4.98 Å². The average molecular weight is 396 g/mol. The van der Waals surface area contributed by atoms with E-state index in [2.05, 4.69) is 20.1 Å². The van der Waals surface area contributed by atoms with Crippen LogP contribution in [0.2, 0.25) is 5.02 Å². The number of nitrogens with zero attached hydrogens (tertiary/aromatic N) is 3. The van der Waals surface area contributed by atoms with Crippen molar-refractivity contribution < 1.29 is 0 Å². The first-order valence-corrected chi connectivity index (χ1v) is 9.15. The molecule has 0 aliphatic heterocycles. The molecule has 1 aromatic carbocycles. The number of H-pyrrole nitrogens is 2. The van der Waals surface area contributed by atoms with Gasteiger partial charge in [0, 0.05) is 34.1 Å². The zero-order valence-corrected chi connectivity index (χ0v) is 16.4. The summed E-state index contributed by atoms with van der Waals surface area (Å²) in [5.41, 5.74) is 3.23. The molecule has 0 unspecified atom stereocenters. The summed E-state index contributed by atoms with van der Waals surface area (Å²) in [7, 11) is 0. The molecule has 4 rings (SSSR count). The number of aromatic amines is 2. The van der Waals surface area contributed by atoms with E-state index >= 15 is 0 Å². The summed E-state index contributed by atoms with van der Waals surface area (Å²) in [6, 6.07) is 9.10. The maximum absolute atomic E-state index is 13.1. The summed E-state index contributed by atoms with van der Waals surface area (Å²) in [5, 5.41) is 3.62. The number of hydrogen-bond acceptors (Lipinski definition) is 4. The third-order valence-electron chi connectivity index (χ3n) is 4.62. The number of halogens is 1. The topological polar surface area (TPSA) is 96.4 Å². The standard InChI is InChI=1S/C20H18ClN5O2/c1-10-8-11(2)23-20(22-10)26-19(28)16-17(27)15(12(3)24-18(16)25-26)9-13-4-6-14(21)7-5-13/h4-8H,9H2,1-3H3,(H2,24,25,27). The smallest absolute Gasteiger partial charge is 0.287 e. The second-order valence-corrected chi connectivity index (χ2v) is 7.25. The molecule has 0 atom stereocenters. The number of nitrogens with one attached hydrogen (secondary N) is 2. The molecule has 28 heavy (non-hydrogen) atoms. The normalized spacial score (nSPS) is 11.3. The summed E-state index contributed by atoms with van der Waals surface area (Å²) in [5.74, 6) is 0.211. The summed E-state index contributed by atoms with van der Waals surface area (Å²) in [6.07, 6.45) is 0.402. The van der Waals surface area contributed by atoms with Crippen LogP contribution in [0.1, 0.15) is 28.2 Å². The van der Waals surface area contributed by atoms with Crippen molar-refractivity contribution >= 4 is 22.6 Å². The highest BCUT2D eigenvalue weighted by atomic mass is 35.5. The fraction of sp³-hybridized carbons (Fsp3) is 0.200. The molecule has 8 heteroatoms. The van der Waals surface area contributed by atoms with E-state index in [-0.39, 0.29) is 16.8 Å². The summed E-state index contributed by atoms with van der Waals surface area (Å²) in [4.78, 5) is 37.8. The number of aryl methyl sites for hydroxylation is 3. The number of aromatic nitrogens is 5. The Morgan fingerprint density at radius 2 is 1.68 bits per heavy atom. The van der Waals surface area contributed by atoms with Crippen molar-refractivity contribution in [2.75, 3.05) is 0 Å². The maximum atomic E-state index is 13.1. The SMILES string of the molecule is Cc1cc(C)nc(-n2[nH]c3[nH]c(C)c(Cc4ccc(Cl)cc4)c(=O)c3c2=O)n1. The van der Waals surface area contributed by atoms with Crippen molar-refractivity contribution in [2.24, 2.45) is 0 Å². The lowest BCUT2D eigenvalue weighted by Gasteiger charge is -2.06. The Hall–Kier alpha value is -3.19. The molecule has 2 N–H and O–H groups in total. The second-order valence-electron chi connectivity index (χ2n) is 6.81. The first kappa shape index (κ1) is 18.2. The lowest BCUT2D eigenvalue weighted by atomic mass is 10.0. The van der Waals surface area contributed by atoms with Crippen LogP contribution in [0, 0.1) is 20.8 Å². The fourth-order valence-electron chi connectivity index (χ4n) is 3.29. The molecule has 0 aliphatic carbocycles. The number of benzene rings is 1. The van der Waals surface area contributed by atoms with E-state index in [9.17, 15) is 9.59 Å². The highest BCUT2D eigenvalue weighted by molar-refractivity contribution is 6.30. The third kappa shape index (κ3) is 3.14. The van der Waals surface area contributed by atoms with E-state index in [1.54, 1.807) is 12.1 Å². The largest absolute Gasteiger partial charge is 0.343 e. The second kappa shape index (κ2) is 6.76. The monoisotopic (exact) mass is 395 g/mol. The van der Waals surface area contributed by atoms with Crippen LogP contribution in [-0.2, 0) is 6.42 Å². The van der Waals surface area contributed by atoms with Crippen molar-refractivity contribution in [1.29, 1.82) is 0 Å². The first-order valence-electron chi connectivity index (χ1n) is 8.77. The first-order chi connectivity index (χ1) is 13.3. The van der Waals surface area contributed by atoms with Crippen molar-refractivity contribution in [3.63, 3.8) is 0 Å². The van der Waals surface area contributed by atoms with E-state index in [0.29, 0.717) is 28.3 Å². The van der Waals surface area contributed by atoms with Gasteiger partial charge in [0.25, 0.3) is 11.5 Å². The Labute approximate surface area is 165 Å². The molecule has 0 spiro atoms.